The van der Waals surface area contributed by atoms with Gasteiger partial charge >= 0.3 is 0 Å². The number of anilines is 1. The smallest absolute Gasteiger partial charge is 0.254 e. The number of aromatic nitrogens is 2. The van der Waals surface area contributed by atoms with Crippen molar-refractivity contribution in [3.05, 3.63) is 65.7 Å². The Labute approximate surface area is 191 Å². The van der Waals surface area contributed by atoms with Crippen LogP contribution in [0.1, 0.15) is 34.9 Å². The molecule has 3 aromatic rings. The highest BCUT2D eigenvalue weighted by Gasteiger charge is 2.34. The number of carbonyl (C=O) groups excluding carboxylic acids is 1. The van der Waals surface area contributed by atoms with E-state index in [-0.39, 0.29) is 17.8 Å². The third-order valence-electron chi connectivity index (χ3n) is 5.96. The van der Waals surface area contributed by atoms with Crippen LogP contribution in [0.2, 0.25) is 0 Å². The Bertz CT molecular complexity index is 1200. The number of carbonyl (C=O) groups is 1. The van der Waals surface area contributed by atoms with Crippen molar-refractivity contribution in [2.75, 3.05) is 38.8 Å². The summed E-state index contributed by atoms with van der Waals surface area (Å²) in [5.41, 5.74) is 2.68. The van der Waals surface area contributed by atoms with Crippen molar-refractivity contribution in [1.29, 1.82) is 0 Å². The lowest BCUT2D eigenvalue weighted by atomic mass is 9.99. The molecule has 0 radical (unpaired) electrons. The summed E-state index contributed by atoms with van der Waals surface area (Å²) in [4.78, 5) is 26.5. The molecule has 0 bridgehead atoms. The van der Waals surface area contributed by atoms with Crippen molar-refractivity contribution < 1.29 is 18.7 Å². The first-order valence-electron chi connectivity index (χ1n) is 11.0. The molecule has 1 fully saturated rings. The van der Waals surface area contributed by atoms with Gasteiger partial charge in [0.05, 0.1) is 11.7 Å². The topological polar surface area (TPSA) is 67.8 Å². The molecule has 33 heavy (non-hydrogen) atoms. The number of halogens is 1. The van der Waals surface area contributed by atoms with E-state index in [2.05, 4.69) is 4.98 Å². The minimum absolute atomic E-state index is 0.0929. The van der Waals surface area contributed by atoms with Gasteiger partial charge in [-0.3, -0.25) is 4.79 Å². The van der Waals surface area contributed by atoms with Crippen molar-refractivity contribution in [1.82, 2.24) is 14.9 Å². The minimum Gasteiger partial charge on any atom is -0.486 e. The van der Waals surface area contributed by atoms with E-state index in [4.69, 9.17) is 14.5 Å². The van der Waals surface area contributed by atoms with Crippen LogP contribution in [0.15, 0.2) is 48.7 Å². The highest BCUT2D eigenvalue weighted by atomic mass is 19.1. The number of benzene rings is 2. The summed E-state index contributed by atoms with van der Waals surface area (Å²) in [6.07, 6.45) is 3.34. The van der Waals surface area contributed by atoms with Crippen molar-refractivity contribution >= 4 is 11.9 Å². The van der Waals surface area contributed by atoms with Gasteiger partial charge in [0.15, 0.2) is 11.5 Å². The summed E-state index contributed by atoms with van der Waals surface area (Å²) in [6, 6.07) is 11.4. The third kappa shape index (κ3) is 4.08. The first-order valence-corrected chi connectivity index (χ1v) is 11.0. The number of fused-ring (bicyclic) bond motifs is 1. The summed E-state index contributed by atoms with van der Waals surface area (Å²) in [5.74, 6) is 1.36. The van der Waals surface area contributed by atoms with Crippen LogP contribution < -0.4 is 14.4 Å². The molecule has 1 unspecified atom stereocenters. The van der Waals surface area contributed by atoms with Crippen LogP contribution in [-0.4, -0.2) is 54.6 Å². The molecule has 8 heteroatoms. The number of hydrogen-bond acceptors (Lipinski definition) is 6. The van der Waals surface area contributed by atoms with Gasteiger partial charge in [-0.1, -0.05) is 12.1 Å². The number of likely N-dealkylation sites (tertiary alicyclic amines) is 1. The fourth-order valence-corrected chi connectivity index (χ4v) is 4.37. The zero-order chi connectivity index (χ0) is 22.9. The third-order valence-corrected chi connectivity index (χ3v) is 5.96. The summed E-state index contributed by atoms with van der Waals surface area (Å²) in [5, 5.41) is 0. The number of amides is 1. The number of nitrogens with zero attached hydrogens (tertiary/aromatic N) is 4. The molecule has 0 saturated carbocycles. The van der Waals surface area contributed by atoms with Crippen molar-refractivity contribution in [2.45, 2.75) is 18.9 Å². The van der Waals surface area contributed by atoms with Gasteiger partial charge in [-0.05, 0) is 48.7 Å². The van der Waals surface area contributed by atoms with Gasteiger partial charge in [0.1, 0.15) is 19.0 Å². The number of rotatable bonds is 4. The molecule has 3 heterocycles. The Hall–Kier alpha value is -3.68. The maximum absolute atomic E-state index is 14.0. The zero-order valence-electron chi connectivity index (χ0n) is 18.6. The molecule has 1 aromatic heterocycles. The lowest BCUT2D eigenvalue weighted by molar-refractivity contribution is 0.0732. The van der Waals surface area contributed by atoms with E-state index in [9.17, 15) is 9.18 Å². The Morgan fingerprint density at radius 1 is 1.12 bits per heavy atom. The normalized spacial score (nSPS) is 17.2. The van der Waals surface area contributed by atoms with E-state index >= 15 is 0 Å². The second-order valence-electron chi connectivity index (χ2n) is 8.39. The second kappa shape index (κ2) is 8.69. The van der Waals surface area contributed by atoms with Crippen LogP contribution in [0.4, 0.5) is 10.3 Å². The largest absolute Gasteiger partial charge is 0.486 e. The van der Waals surface area contributed by atoms with E-state index in [1.54, 1.807) is 30.5 Å². The molecule has 2 aromatic carbocycles. The van der Waals surface area contributed by atoms with Crippen molar-refractivity contribution in [3.8, 4) is 22.6 Å². The molecule has 1 atom stereocenters. The van der Waals surface area contributed by atoms with Crippen LogP contribution in [0.5, 0.6) is 11.5 Å². The summed E-state index contributed by atoms with van der Waals surface area (Å²) in [7, 11) is 3.74. The van der Waals surface area contributed by atoms with Gasteiger partial charge in [-0.2, -0.15) is 0 Å². The SMILES string of the molecule is CN(C)c1ncc(-c2cccc(F)c2)c(C2CCCN2C(=O)c2ccc3c(c2)OCCO3)n1. The van der Waals surface area contributed by atoms with Crippen LogP contribution in [0.3, 0.4) is 0 Å². The predicted octanol–water partition coefficient (Wildman–Crippen LogP) is 4.10. The molecular formula is C25H25FN4O3. The Kier molecular flexibility index (Phi) is 5.58. The van der Waals surface area contributed by atoms with Crippen molar-refractivity contribution in [2.24, 2.45) is 0 Å². The van der Waals surface area contributed by atoms with E-state index in [0.29, 0.717) is 48.3 Å². The fourth-order valence-electron chi connectivity index (χ4n) is 4.37. The Balaban J connectivity index is 1.54. The molecular weight excluding hydrogens is 423 g/mol. The van der Waals surface area contributed by atoms with Crippen LogP contribution >= 0.6 is 0 Å². The van der Waals surface area contributed by atoms with E-state index in [1.165, 1.54) is 12.1 Å². The first-order chi connectivity index (χ1) is 16.0. The van der Waals surface area contributed by atoms with Gasteiger partial charge in [-0.25, -0.2) is 14.4 Å². The number of hydrogen-bond donors (Lipinski definition) is 0. The van der Waals surface area contributed by atoms with Crippen molar-refractivity contribution in [3.63, 3.8) is 0 Å². The summed E-state index contributed by atoms with van der Waals surface area (Å²) in [6.45, 7) is 1.57. The van der Waals surface area contributed by atoms with E-state index < -0.39 is 0 Å². The highest BCUT2D eigenvalue weighted by molar-refractivity contribution is 5.95. The van der Waals surface area contributed by atoms with Crippen LogP contribution in [0, 0.1) is 5.82 Å². The molecule has 1 saturated heterocycles. The predicted molar refractivity (Wildman–Crippen MR) is 122 cm³/mol. The highest BCUT2D eigenvalue weighted by Crippen LogP contribution is 2.39. The monoisotopic (exact) mass is 448 g/mol. The van der Waals surface area contributed by atoms with Gasteiger partial charge < -0.3 is 19.3 Å². The molecule has 170 valence electrons. The first kappa shape index (κ1) is 21.2. The fraction of sp³-hybridized carbons (Fsp3) is 0.320. The molecule has 0 N–H and O–H groups in total. The molecule has 2 aliphatic heterocycles. The maximum atomic E-state index is 14.0. The summed E-state index contributed by atoms with van der Waals surface area (Å²) >= 11 is 0. The molecule has 0 spiro atoms. The lowest BCUT2D eigenvalue weighted by Gasteiger charge is -2.27. The summed E-state index contributed by atoms with van der Waals surface area (Å²) < 4.78 is 25.2. The molecule has 0 aliphatic carbocycles. The second-order valence-corrected chi connectivity index (χ2v) is 8.39. The maximum Gasteiger partial charge on any atom is 0.254 e. The Morgan fingerprint density at radius 3 is 2.73 bits per heavy atom. The van der Waals surface area contributed by atoms with Gasteiger partial charge in [0.25, 0.3) is 5.91 Å². The van der Waals surface area contributed by atoms with E-state index in [0.717, 1.165) is 24.1 Å². The quantitative estimate of drug-likeness (QED) is 0.599. The zero-order valence-corrected chi connectivity index (χ0v) is 18.6. The van der Waals surface area contributed by atoms with Crippen LogP contribution in [0.25, 0.3) is 11.1 Å². The minimum atomic E-state index is -0.328. The van der Waals surface area contributed by atoms with Gasteiger partial charge in [0.2, 0.25) is 5.95 Å². The van der Waals surface area contributed by atoms with Crippen LogP contribution in [-0.2, 0) is 0 Å². The number of ether oxygens (including phenoxy) is 2. The molecule has 1 amide bonds. The average Bonchev–Trinajstić information content (AvgIpc) is 3.32. The lowest BCUT2D eigenvalue weighted by Crippen LogP contribution is -2.32. The molecule has 7 nitrogen and oxygen atoms in total. The Morgan fingerprint density at radius 2 is 1.94 bits per heavy atom. The molecule has 2 aliphatic rings. The average molecular weight is 448 g/mol. The van der Waals surface area contributed by atoms with E-state index in [1.807, 2.05) is 30.0 Å². The molecule has 5 rings (SSSR count). The standard InChI is InChI=1S/C25H25FN4O3/c1-29(2)25-27-15-19(16-5-3-6-18(26)13-16)23(28-25)20-7-4-10-30(20)24(31)17-8-9-21-22(14-17)33-12-11-32-21/h3,5-6,8-9,13-15,20H,4,7,10-12H2,1-2H3. The van der Waals surface area contributed by atoms with Gasteiger partial charge in [-0.15, -0.1) is 0 Å². The van der Waals surface area contributed by atoms with Gasteiger partial charge in [0, 0.05) is 38.0 Å².